The summed E-state index contributed by atoms with van der Waals surface area (Å²) in [5.41, 5.74) is 2.25. The van der Waals surface area contributed by atoms with Gasteiger partial charge in [-0.3, -0.25) is 14.6 Å². The van der Waals surface area contributed by atoms with E-state index >= 15 is 0 Å². The summed E-state index contributed by atoms with van der Waals surface area (Å²) in [6.07, 6.45) is 2.38. The number of carbonyl (C=O) groups excluding carboxylic acids is 2. The SMILES string of the molecule is O=C(Nc1ccc2c(c1)NC(=O)C(c1ccccc1)O2)c1cncc(Br)c1. The van der Waals surface area contributed by atoms with Gasteiger partial charge in [-0.15, -0.1) is 0 Å². The van der Waals surface area contributed by atoms with Crippen molar-refractivity contribution in [3.8, 4) is 5.75 Å². The van der Waals surface area contributed by atoms with Crippen molar-refractivity contribution < 1.29 is 14.3 Å². The molecular formula is C20H14BrN3O3. The van der Waals surface area contributed by atoms with Gasteiger partial charge in [0.25, 0.3) is 11.8 Å². The molecule has 2 aromatic carbocycles. The molecule has 0 saturated heterocycles. The molecule has 7 heteroatoms. The average molecular weight is 424 g/mol. The van der Waals surface area contributed by atoms with E-state index in [0.717, 1.165) is 5.56 Å². The number of nitrogens with zero attached hydrogens (tertiary/aromatic N) is 1. The van der Waals surface area contributed by atoms with Crippen LogP contribution in [0.25, 0.3) is 0 Å². The summed E-state index contributed by atoms with van der Waals surface area (Å²) in [6.45, 7) is 0. The molecule has 0 radical (unpaired) electrons. The lowest BCUT2D eigenvalue weighted by Crippen LogP contribution is -2.30. The molecule has 6 nitrogen and oxygen atoms in total. The molecule has 134 valence electrons. The highest BCUT2D eigenvalue weighted by molar-refractivity contribution is 9.10. The van der Waals surface area contributed by atoms with Crippen molar-refractivity contribution in [2.24, 2.45) is 0 Å². The van der Waals surface area contributed by atoms with Crippen LogP contribution in [0.5, 0.6) is 5.75 Å². The lowest BCUT2D eigenvalue weighted by Gasteiger charge is -2.26. The predicted molar refractivity (Wildman–Crippen MR) is 105 cm³/mol. The first-order valence-corrected chi connectivity index (χ1v) is 8.98. The van der Waals surface area contributed by atoms with E-state index in [-0.39, 0.29) is 11.8 Å². The Morgan fingerprint density at radius 1 is 1.11 bits per heavy atom. The van der Waals surface area contributed by atoms with Gasteiger partial charge < -0.3 is 15.4 Å². The van der Waals surface area contributed by atoms with Gasteiger partial charge in [-0.1, -0.05) is 30.3 Å². The molecule has 3 aromatic rings. The third-order valence-corrected chi connectivity index (χ3v) is 4.48. The van der Waals surface area contributed by atoms with Crippen molar-refractivity contribution in [1.29, 1.82) is 0 Å². The first kappa shape index (κ1) is 17.2. The van der Waals surface area contributed by atoms with Crippen LogP contribution in [0.3, 0.4) is 0 Å². The number of amides is 2. The second-order valence-electron chi connectivity index (χ2n) is 5.95. The summed E-state index contributed by atoms with van der Waals surface area (Å²) in [7, 11) is 0. The topological polar surface area (TPSA) is 80.3 Å². The van der Waals surface area contributed by atoms with Gasteiger partial charge in [-0.05, 0) is 40.2 Å². The number of hydrogen-bond acceptors (Lipinski definition) is 4. The zero-order chi connectivity index (χ0) is 18.8. The van der Waals surface area contributed by atoms with Gasteiger partial charge in [0, 0.05) is 28.1 Å². The number of aromatic nitrogens is 1. The monoisotopic (exact) mass is 423 g/mol. The first-order valence-electron chi connectivity index (χ1n) is 8.18. The van der Waals surface area contributed by atoms with E-state index in [1.165, 1.54) is 6.20 Å². The van der Waals surface area contributed by atoms with Gasteiger partial charge in [-0.2, -0.15) is 0 Å². The minimum absolute atomic E-state index is 0.256. The van der Waals surface area contributed by atoms with E-state index in [1.54, 1.807) is 30.5 Å². The predicted octanol–water partition coefficient (Wildman–Crippen LogP) is 4.17. The number of rotatable bonds is 3. The maximum atomic E-state index is 12.4. The van der Waals surface area contributed by atoms with Crippen LogP contribution in [0.1, 0.15) is 22.0 Å². The second kappa shape index (κ2) is 7.20. The maximum absolute atomic E-state index is 12.4. The molecule has 1 aliphatic heterocycles. The number of benzene rings is 2. The van der Waals surface area contributed by atoms with Gasteiger partial charge >= 0.3 is 0 Å². The van der Waals surface area contributed by atoms with Crippen LogP contribution in [0, 0.1) is 0 Å². The van der Waals surface area contributed by atoms with Crippen LogP contribution in [0.2, 0.25) is 0 Å². The van der Waals surface area contributed by atoms with Crippen molar-refractivity contribution in [3.05, 3.63) is 82.6 Å². The number of anilines is 2. The number of halogens is 1. The van der Waals surface area contributed by atoms with Crippen molar-refractivity contribution in [3.63, 3.8) is 0 Å². The summed E-state index contributed by atoms with van der Waals surface area (Å²) in [5.74, 6) is -0.00657. The lowest BCUT2D eigenvalue weighted by atomic mass is 10.1. The third kappa shape index (κ3) is 3.68. The summed E-state index contributed by atoms with van der Waals surface area (Å²) >= 11 is 3.29. The molecule has 1 unspecified atom stereocenters. The number of hydrogen-bond donors (Lipinski definition) is 2. The Morgan fingerprint density at radius 2 is 1.93 bits per heavy atom. The average Bonchev–Trinajstić information content (AvgIpc) is 2.68. The third-order valence-electron chi connectivity index (χ3n) is 4.05. The second-order valence-corrected chi connectivity index (χ2v) is 6.87. The fourth-order valence-corrected chi connectivity index (χ4v) is 3.14. The van der Waals surface area contributed by atoms with Crippen LogP contribution < -0.4 is 15.4 Å². The Morgan fingerprint density at radius 3 is 2.70 bits per heavy atom. The molecule has 0 spiro atoms. The van der Waals surface area contributed by atoms with Crippen LogP contribution in [-0.2, 0) is 4.79 Å². The minimum atomic E-state index is -0.702. The van der Waals surface area contributed by atoms with Crippen molar-refractivity contribution in [1.82, 2.24) is 4.98 Å². The van der Waals surface area contributed by atoms with E-state index in [0.29, 0.717) is 27.2 Å². The molecule has 0 fully saturated rings. The Hall–Kier alpha value is -3.19. The molecule has 0 saturated carbocycles. The van der Waals surface area contributed by atoms with Crippen molar-refractivity contribution in [2.75, 3.05) is 10.6 Å². The molecule has 2 amide bonds. The van der Waals surface area contributed by atoms with E-state index in [2.05, 4.69) is 31.5 Å². The van der Waals surface area contributed by atoms with Gasteiger partial charge in [-0.25, -0.2) is 0 Å². The normalized spacial score (nSPS) is 15.3. The Balaban J connectivity index is 1.54. The molecule has 0 bridgehead atoms. The number of fused-ring (bicyclic) bond motifs is 1. The highest BCUT2D eigenvalue weighted by Gasteiger charge is 2.29. The zero-order valence-corrected chi connectivity index (χ0v) is 15.6. The van der Waals surface area contributed by atoms with Gasteiger partial charge in [0.2, 0.25) is 6.10 Å². The van der Waals surface area contributed by atoms with E-state index in [1.807, 2.05) is 30.3 Å². The highest BCUT2D eigenvalue weighted by Crippen LogP contribution is 2.36. The highest BCUT2D eigenvalue weighted by atomic mass is 79.9. The molecule has 1 aromatic heterocycles. The van der Waals surface area contributed by atoms with Crippen molar-refractivity contribution in [2.45, 2.75) is 6.10 Å². The Labute approximate surface area is 163 Å². The van der Waals surface area contributed by atoms with E-state index in [4.69, 9.17) is 4.74 Å². The smallest absolute Gasteiger partial charge is 0.270 e. The standard InChI is InChI=1S/C20H14BrN3O3/c21-14-8-13(10-22-11-14)19(25)23-15-6-7-17-16(9-15)24-20(26)18(27-17)12-4-2-1-3-5-12/h1-11,18H,(H,23,25)(H,24,26). The van der Waals surface area contributed by atoms with Crippen LogP contribution in [0.4, 0.5) is 11.4 Å². The zero-order valence-electron chi connectivity index (χ0n) is 14.0. The number of pyridine rings is 1. The summed E-state index contributed by atoms with van der Waals surface area (Å²) < 4.78 is 6.57. The molecular weight excluding hydrogens is 410 g/mol. The quantitative estimate of drug-likeness (QED) is 0.662. The Kier molecular flexibility index (Phi) is 4.60. The van der Waals surface area contributed by atoms with Crippen LogP contribution >= 0.6 is 15.9 Å². The Bertz CT molecular complexity index is 1020. The molecule has 4 rings (SSSR count). The minimum Gasteiger partial charge on any atom is -0.474 e. The van der Waals surface area contributed by atoms with Crippen LogP contribution in [-0.4, -0.2) is 16.8 Å². The number of nitrogens with one attached hydrogen (secondary N) is 2. The first-order chi connectivity index (χ1) is 13.1. The van der Waals surface area contributed by atoms with Crippen LogP contribution in [0.15, 0.2) is 71.5 Å². The molecule has 1 aliphatic rings. The number of ether oxygens (including phenoxy) is 1. The fourth-order valence-electron chi connectivity index (χ4n) is 2.77. The summed E-state index contributed by atoms with van der Waals surface area (Å²) in [6, 6.07) is 16.1. The summed E-state index contributed by atoms with van der Waals surface area (Å²) in [4.78, 5) is 28.7. The number of carbonyl (C=O) groups is 2. The molecule has 2 N–H and O–H groups in total. The van der Waals surface area contributed by atoms with Crippen molar-refractivity contribution >= 4 is 39.1 Å². The van der Waals surface area contributed by atoms with Gasteiger partial charge in [0.05, 0.1) is 11.3 Å². The fraction of sp³-hybridized carbons (Fsp3) is 0.0500. The van der Waals surface area contributed by atoms with Gasteiger partial charge in [0.15, 0.2) is 0 Å². The molecule has 1 atom stereocenters. The molecule has 0 aliphatic carbocycles. The largest absolute Gasteiger partial charge is 0.474 e. The summed E-state index contributed by atoms with van der Waals surface area (Å²) in [5, 5.41) is 5.62. The molecule has 27 heavy (non-hydrogen) atoms. The van der Waals surface area contributed by atoms with E-state index < -0.39 is 6.10 Å². The van der Waals surface area contributed by atoms with E-state index in [9.17, 15) is 9.59 Å². The van der Waals surface area contributed by atoms with Gasteiger partial charge in [0.1, 0.15) is 5.75 Å². The molecule has 2 heterocycles. The lowest BCUT2D eigenvalue weighted by molar-refractivity contribution is -0.123. The maximum Gasteiger partial charge on any atom is 0.270 e.